The first kappa shape index (κ1) is 19.8. The van der Waals surface area contributed by atoms with Crippen LogP contribution in [0.15, 0.2) is 58.7 Å². The SMILES string of the molecule is CCS(=O)(=O)c1ccc(Oc2cncc(C)n2)c(-c2cn(C)c3c(=O)[nH]ccc23)c1. The molecule has 0 spiro atoms. The van der Waals surface area contributed by atoms with Gasteiger partial charge in [-0.05, 0) is 31.2 Å². The van der Waals surface area contributed by atoms with E-state index >= 15 is 0 Å². The molecule has 3 heterocycles. The van der Waals surface area contributed by atoms with E-state index in [0.717, 1.165) is 0 Å². The average Bonchev–Trinajstić information content (AvgIpc) is 3.06. The minimum absolute atomic E-state index is 0.0226. The average molecular weight is 424 g/mol. The standard InChI is InChI=1S/C21H20N4O4S/c1-4-30(27,28)14-5-6-18(29-19-11-22-10-13(2)24-19)16(9-14)17-12-25(3)20-15(17)7-8-23-21(20)26/h5-12H,4H2,1-3H3,(H,23,26). The van der Waals surface area contributed by atoms with Gasteiger partial charge in [0.15, 0.2) is 9.84 Å². The van der Waals surface area contributed by atoms with E-state index < -0.39 is 9.84 Å². The number of nitrogens with one attached hydrogen (secondary N) is 1. The van der Waals surface area contributed by atoms with Crippen LogP contribution < -0.4 is 10.3 Å². The first-order valence-electron chi connectivity index (χ1n) is 9.30. The van der Waals surface area contributed by atoms with Gasteiger partial charge in [0.2, 0.25) is 5.88 Å². The molecule has 1 aromatic carbocycles. The largest absolute Gasteiger partial charge is 0.437 e. The second-order valence-corrected chi connectivity index (χ2v) is 9.16. The molecule has 0 aliphatic rings. The van der Waals surface area contributed by atoms with E-state index in [9.17, 15) is 13.2 Å². The number of sulfone groups is 1. The number of rotatable bonds is 5. The van der Waals surface area contributed by atoms with Gasteiger partial charge in [-0.15, -0.1) is 0 Å². The lowest BCUT2D eigenvalue weighted by Gasteiger charge is -2.12. The van der Waals surface area contributed by atoms with Crippen LogP contribution in [0.25, 0.3) is 22.0 Å². The Hall–Kier alpha value is -3.46. The molecule has 0 bridgehead atoms. The summed E-state index contributed by atoms with van der Waals surface area (Å²) in [6, 6.07) is 6.48. The van der Waals surface area contributed by atoms with Crippen LogP contribution in [0.2, 0.25) is 0 Å². The molecule has 0 amide bonds. The first-order valence-corrected chi connectivity index (χ1v) is 11.0. The number of benzene rings is 1. The van der Waals surface area contributed by atoms with E-state index in [2.05, 4.69) is 15.0 Å². The topological polar surface area (TPSA) is 107 Å². The quantitative estimate of drug-likeness (QED) is 0.527. The lowest BCUT2D eigenvalue weighted by molar-refractivity contribution is 0.460. The summed E-state index contributed by atoms with van der Waals surface area (Å²) >= 11 is 0. The molecule has 0 aliphatic heterocycles. The van der Waals surface area contributed by atoms with E-state index in [0.29, 0.717) is 39.4 Å². The van der Waals surface area contributed by atoms with E-state index in [1.807, 2.05) is 0 Å². The summed E-state index contributed by atoms with van der Waals surface area (Å²) < 4.78 is 32.7. The van der Waals surface area contributed by atoms with E-state index in [1.165, 1.54) is 12.3 Å². The Balaban J connectivity index is 1.97. The van der Waals surface area contributed by atoms with Gasteiger partial charge in [0, 0.05) is 42.2 Å². The summed E-state index contributed by atoms with van der Waals surface area (Å²) in [5, 5.41) is 0.687. The highest BCUT2D eigenvalue weighted by Gasteiger charge is 2.20. The van der Waals surface area contributed by atoms with E-state index in [-0.39, 0.29) is 16.2 Å². The Bertz CT molecular complexity index is 1420. The maximum atomic E-state index is 12.5. The minimum atomic E-state index is -3.44. The number of H-pyrrole nitrogens is 1. The van der Waals surface area contributed by atoms with E-state index in [4.69, 9.17) is 4.74 Å². The fraction of sp³-hybridized carbons (Fsp3) is 0.190. The normalized spacial score (nSPS) is 11.7. The summed E-state index contributed by atoms with van der Waals surface area (Å²) in [4.78, 5) is 23.6. The van der Waals surface area contributed by atoms with Crippen molar-refractivity contribution in [2.45, 2.75) is 18.7 Å². The first-order chi connectivity index (χ1) is 14.3. The van der Waals surface area contributed by atoms with Crippen LogP contribution in [-0.4, -0.2) is 33.7 Å². The van der Waals surface area contributed by atoms with Crippen LogP contribution in [0, 0.1) is 6.92 Å². The number of fused-ring (bicyclic) bond motifs is 1. The van der Waals surface area contributed by atoms with Crippen molar-refractivity contribution in [3.05, 3.63) is 65.1 Å². The molecule has 8 nitrogen and oxygen atoms in total. The van der Waals surface area contributed by atoms with Crippen molar-refractivity contribution in [1.29, 1.82) is 0 Å². The number of pyridine rings is 1. The summed E-state index contributed by atoms with van der Waals surface area (Å²) in [6.45, 7) is 3.40. The van der Waals surface area contributed by atoms with Crippen molar-refractivity contribution in [1.82, 2.24) is 19.5 Å². The molecule has 3 aromatic heterocycles. The lowest BCUT2D eigenvalue weighted by atomic mass is 10.0. The smallest absolute Gasteiger partial charge is 0.272 e. The monoisotopic (exact) mass is 424 g/mol. The third-order valence-corrected chi connectivity index (χ3v) is 6.56. The van der Waals surface area contributed by atoms with Crippen molar-refractivity contribution < 1.29 is 13.2 Å². The van der Waals surface area contributed by atoms with Crippen molar-refractivity contribution >= 4 is 20.7 Å². The summed E-state index contributed by atoms with van der Waals surface area (Å²) in [5.74, 6) is 0.684. The van der Waals surface area contributed by atoms with Gasteiger partial charge < -0.3 is 14.3 Å². The highest BCUT2D eigenvalue weighted by Crippen LogP contribution is 2.38. The van der Waals surface area contributed by atoms with Crippen LogP contribution in [0.4, 0.5) is 0 Å². The molecule has 0 unspecified atom stereocenters. The molecule has 0 atom stereocenters. The van der Waals surface area contributed by atoms with Crippen molar-refractivity contribution in [3.8, 4) is 22.8 Å². The van der Waals surface area contributed by atoms with Crippen LogP contribution in [0.1, 0.15) is 12.6 Å². The van der Waals surface area contributed by atoms with Crippen molar-refractivity contribution in [3.63, 3.8) is 0 Å². The van der Waals surface area contributed by atoms with Crippen LogP contribution >= 0.6 is 0 Å². The zero-order chi connectivity index (χ0) is 21.5. The zero-order valence-electron chi connectivity index (χ0n) is 16.7. The number of aromatic nitrogens is 4. The van der Waals surface area contributed by atoms with Gasteiger partial charge >= 0.3 is 0 Å². The molecule has 0 saturated carbocycles. The van der Waals surface area contributed by atoms with Crippen LogP contribution in [-0.2, 0) is 16.9 Å². The predicted octanol–water partition coefficient (Wildman–Crippen LogP) is 3.22. The van der Waals surface area contributed by atoms with Gasteiger partial charge in [0.1, 0.15) is 11.3 Å². The van der Waals surface area contributed by atoms with Gasteiger partial charge in [-0.3, -0.25) is 9.78 Å². The number of ether oxygens (including phenoxy) is 1. The molecular formula is C21H20N4O4S. The number of hydrogen-bond acceptors (Lipinski definition) is 6. The molecule has 154 valence electrons. The van der Waals surface area contributed by atoms with Gasteiger partial charge in [0.05, 0.1) is 22.5 Å². The molecule has 1 N–H and O–H groups in total. The highest BCUT2D eigenvalue weighted by atomic mass is 32.2. The van der Waals surface area contributed by atoms with Gasteiger partial charge in [-0.25, -0.2) is 13.4 Å². The molecule has 0 saturated heterocycles. The molecular weight excluding hydrogens is 404 g/mol. The molecule has 9 heteroatoms. The highest BCUT2D eigenvalue weighted by molar-refractivity contribution is 7.91. The van der Waals surface area contributed by atoms with E-state index in [1.54, 1.807) is 62.3 Å². The third kappa shape index (κ3) is 3.48. The Morgan fingerprint density at radius 1 is 1.17 bits per heavy atom. The van der Waals surface area contributed by atoms with Gasteiger partial charge in [-0.2, -0.15) is 0 Å². The molecule has 0 fully saturated rings. The second kappa shape index (κ2) is 7.42. The maximum absolute atomic E-state index is 12.5. The molecule has 0 aliphatic carbocycles. The Kier molecular flexibility index (Phi) is 4.90. The Morgan fingerprint density at radius 3 is 2.70 bits per heavy atom. The number of hydrogen-bond donors (Lipinski definition) is 1. The summed E-state index contributed by atoms with van der Waals surface area (Å²) in [6.07, 6.45) is 6.45. The predicted molar refractivity (Wildman–Crippen MR) is 114 cm³/mol. The van der Waals surface area contributed by atoms with Crippen LogP contribution in [0.3, 0.4) is 0 Å². The molecule has 30 heavy (non-hydrogen) atoms. The Morgan fingerprint density at radius 2 is 1.97 bits per heavy atom. The fourth-order valence-electron chi connectivity index (χ4n) is 3.35. The van der Waals surface area contributed by atoms with Gasteiger partial charge in [-0.1, -0.05) is 6.92 Å². The fourth-order valence-corrected chi connectivity index (χ4v) is 4.26. The Labute approximate surface area is 173 Å². The lowest BCUT2D eigenvalue weighted by Crippen LogP contribution is -2.07. The third-order valence-electron chi connectivity index (χ3n) is 4.83. The van der Waals surface area contributed by atoms with Crippen LogP contribution in [0.5, 0.6) is 11.6 Å². The minimum Gasteiger partial charge on any atom is -0.437 e. The number of aryl methyl sites for hydroxylation is 2. The maximum Gasteiger partial charge on any atom is 0.272 e. The summed E-state index contributed by atoms with van der Waals surface area (Å²) in [7, 11) is -1.67. The number of nitrogens with zero attached hydrogens (tertiary/aromatic N) is 3. The van der Waals surface area contributed by atoms with Crippen molar-refractivity contribution in [2.75, 3.05) is 5.75 Å². The van der Waals surface area contributed by atoms with Crippen molar-refractivity contribution in [2.24, 2.45) is 7.05 Å². The molecule has 4 rings (SSSR count). The summed E-state index contributed by atoms with van der Waals surface area (Å²) in [5.41, 5.74) is 2.17. The zero-order valence-corrected chi connectivity index (χ0v) is 17.5. The number of aromatic amines is 1. The molecule has 4 aromatic rings. The van der Waals surface area contributed by atoms with Gasteiger partial charge in [0.25, 0.3) is 5.56 Å². The second-order valence-electron chi connectivity index (χ2n) is 6.88. The molecule has 0 radical (unpaired) electrons.